The SMILES string of the molecule is CCNC(=NCc1ccon1)NC1CC(C)N(Cc2ccccc2)C1. The molecule has 0 aliphatic carbocycles. The molecule has 2 N–H and O–H groups in total. The molecule has 2 heterocycles. The van der Waals surface area contributed by atoms with Crippen LogP contribution in [0.5, 0.6) is 0 Å². The molecule has 3 rings (SSSR count). The highest BCUT2D eigenvalue weighted by atomic mass is 16.5. The molecule has 6 heteroatoms. The quantitative estimate of drug-likeness (QED) is 0.624. The third-order valence-corrected chi connectivity index (χ3v) is 4.51. The molecular formula is C19H27N5O. The Morgan fingerprint density at radius 2 is 2.16 bits per heavy atom. The molecule has 25 heavy (non-hydrogen) atoms. The van der Waals surface area contributed by atoms with Gasteiger partial charge in [0, 0.05) is 37.8 Å². The van der Waals surface area contributed by atoms with Gasteiger partial charge in [-0.3, -0.25) is 4.90 Å². The van der Waals surface area contributed by atoms with E-state index in [4.69, 9.17) is 4.52 Å². The Morgan fingerprint density at radius 3 is 2.88 bits per heavy atom. The smallest absolute Gasteiger partial charge is 0.191 e. The minimum Gasteiger partial charge on any atom is -0.364 e. The maximum atomic E-state index is 4.86. The first-order valence-electron chi connectivity index (χ1n) is 8.96. The molecule has 2 aromatic rings. The summed E-state index contributed by atoms with van der Waals surface area (Å²) in [5.41, 5.74) is 2.20. The Bertz CT molecular complexity index is 656. The zero-order chi connectivity index (χ0) is 17.5. The van der Waals surface area contributed by atoms with E-state index < -0.39 is 0 Å². The molecule has 1 aromatic heterocycles. The third kappa shape index (κ3) is 5.06. The Hall–Kier alpha value is -2.34. The molecule has 1 aliphatic rings. The monoisotopic (exact) mass is 341 g/mol. The zero-order valence-corrected chi connectivity index (χ0v) is 15.0. The Labute approximate surface area is 149 Å². The molecule has 0 amide bonds. The Balaban J connectivity index is 1.56. The summed E-state index contributed by atoms with van der Waals surface area (Å²) in [5, 5.41) is 10.8. The van der Waals surface area contributed by atoms with Crippen LogP contribution in [0.15, 0.2) is 52.2 Å². The number of hydrogen-bond acceptors (Lipinski definition) is 4. The summed E-state index contributed by atoms with van der Waals surface area (Å²) in [6.45, 7) is 7.73. The summed E-state index contributed by atoms with van der Waals surface area (Å²) in [7, 11) is 0. The van der Waals surface area contributed by atoms with Crippen molar-refractivity contribution >= 4 is 5.96 Å². The van der Waals surface area contributed by atoms with E-state index in [9.17, 15) is 0 Å². The van der Waals surface area contributed by atoms with Gasteiger partial charge in [0.15, 0.2) is 5.96 Å². The second-order valence-electron chi connectivity index (χ2n) is 6.53. The lowest BCUT2D eigenvalue weighted by atomic mass is 10.2. The largest absolute Gasteiger partial charge is 0.364 e. The van der Waals surface area contributed by atoms with E-state index in [0.29, 0.717) is 18.6 Å². The maximum Gasteiger partial charge on any atom is 0.191 e. The average Bonchev–Trinajstić information content (AvgIpc) is 3.24. The van der Waals surface area contributed by atoms with E-state index >= 15 is 0 Å². The van der Waals surface area contributed by atoms with Crippen molar-refractivity contribution in [2.45, 2.75) is 45.4 Å². The normalized spacial score (nSPS) is 21.4. The molecule has 0 saturated carbocycles. The van der Waals surface area contributed by atoms with Gasteiger partial charge < -0.3 is 15.2 Å². The highest BCUT2D eigenvalue weighted by Crippen LogP contribution is 2.20. The molecule has 1 saturated heterocycles. The Morgan fingerprint density at radius 1 is 1.32 bits per heavy atom. The van der Waals surface area contributed by atoms with E-state index in [1.54, 1.807) is 6.26 Å². The molecule has 1 aromatic carbocycles. The summed E-state index contributed by atoms with van der Waals surface area (Å²) in [6.07, 6.45) is 2.69. The molecule has 134 valence electrons. The van der Waals surface area contributed by atoms with Crippen molar-refractivity contribution in [2.24, 2.45) is 4.99 Å². The van der Waals surface area contributed by atoms with Gasteiger partial charge in [0.05, 0.1) is 6.54 Å². The molecule has 2 unspecified atom stereocenters. The number of hydrogen-bond donors (Lipinski definition) is 2. The third-order valence-electron chi connectivity index (χ3n) is 4.51. The molecule has 1 aliphatic heterocycles. The molecule has 6 nitrogen and oxygen atoms in total. The van der Waals surface area contributed by atoms with Gasteiger partial charge in [-0.1, -0.05) is 35.5 Å². The van der Waals surface area contributed by atoms with Crippen LogP contribution in [0.25, 0.3) is 0 Å². The van der Waals surface area contributed by atoms with Gasteiger partial charge in [0.2, 0.25) is 0 Å². The lowest BCUT2D eigenvalue weighted by Crippen LogP contribution is -2.44. The van der Waals surface area contributed by atoms with Crippen molar-refractivity contribution in [1.29, 1.82) is 0 Å². The highest BCUT2D eigenvalue weighted by Gasteiger charge is 2.29. The maximum absolute atomic E-state index is 4.86. The summed E-state index contributed by atoms with van der Waals surface area (Å²) in [5.74, 6) is 0.837. The minimum atomic E-state index is 0.397. The van der Waals surface area contributed by atoms with Gasteiger partial charge in [-0.2, -0.15) is 0 Å². The van der Waals surface area contributed by atoms with E-state index in [0.717, 1.165) is 37.7 Å². The second-order valence-corrected chi connectivity index (χ2v) is 6.53. The number of guanidine groups is 1. The molecule has 1 fully saturated rings. The van der Waals surface area contributed by atoms with Gasteiger partial charge in [0.1, 0.15) is 12.0 Å². The van der Waals surface area contributed by atoms with Crippen LogP contribution in [0, 0.1) is 0 Å². The molecule has 0 bridgehead atoms. The second kappa shape index (κ2) is 8.67. The topological polar surface area (TPSA) is 65.7 Å². The van der Waals surface area contributed by atoms with Crippen LogP contribution in [0.1, 0.15) is 31.5 Å². The first-order valence-corrected chi connectivity index (χ1v) is 8.96. The number of nitrogens with zero attached hydrogens (tertiary/aromatic N) is 3. The minimum absolute atomic E-state index is 0.397. The summed E-state index contributed by atoms with van der Waals surface area (Å²) in [4.78, 5) is 7.13. The number of nitrogens with one attached hydrogen (secondary N) is 2. The van der Waals surface area contributed by atoms with E-state index in [1.807, 2.05) is 6.07 Å². The predicted molar refractivity (Wildman–Crippen MR) is 99.2 cm³/mol. The van der Waals surface area contributed by atoms with Gasteiger partial charge in [-0.05, 0) is 25.8 Å². The fourth-order valence-electron chi connectivity index (χ4n) is 3.23. The van der Waals surface area contributed by atoms with E-state index in [-0.39, 0.29) is 0 Å². The number of benzene rings is 1. The van der Waals surface area contributed by atoms with Crippen molar-refractivity contribution in [2.75, 3.05) is 13.1 Å². The Kier molecular flexibility index (Phi) is 6.06. The van der Waals surface area contributed by atoms with Crippen LogP contribution in [0.4, 0.5) is 0 Å². The van der Waals surface area contributed by atoms with E-state index in [1.165, 1.54) is 5.56 Å². The van der Waals surface area contributed by atoms with Crippen molar-refractivity contribution in [3.63, 3.8) is 0 Å². The van der Waals surface area contributed by atoms with Crippen molar-refractivity contribution < 1.29 is 4.52 Å². The summed E-state index contributed by atoms with van der Waals surface area (Å²) >= 11 is 0. The van der Waals surface area contributed by atoms with Gasteiger partial charge in [-0.25, -0.2) is 4.99 Å². The van der Waals surface area contributed by atoms with Crippen LogP contribution in [0.2, 0.25) is 0 Å². The standard InChI is InChI=1S/C19H27N5O/c1-3-20-19(21-12-17-9-10-25-23-17)22-18-11-15(2)24(14-18)13-16-7-5-4-6-8-16/h4-10,15,18H,3,11-14H2,1-2H3,(H2,20,21,22). The van der Waals surface area contributed by atoms with Crippen LogP contribution in [0.3, 0.4) is 0 Å². The van der Waals surface area contributed by atoms with Crippen LogP contribution >= 0.6 is 0 Å². The molecule has 0 spiro atoms. The van der Waals surface area contributed by atoms with Gasteiger partial charge >= 0.3 is 0 Å². The van der Waals surface area contributed by atoms with Gasteiger partial charge in [-0.15, -0.1) is 0 Å². The molecule has 2 atom stereocenters. The molecule has 0 radical (unpaired) electrons. The number of likely N-dealkylation sites (tertiary alicyclic amines) is 1. The van der Waals surface area contributed by atoms with Gasteiger partial charge in [0.25, 0.3) is 0 Å². The summed E-state index contributed by atoms with van der Waals surface area (Å²) in [6, 6.07) is 13.4. The number of rotatable bonds is 6. The van der Waals surface area contributed by atoms with Crippen LogP contribution in [-0.2, 0) is 13.1 Å². The van der Waals surface area contributed by atoms with Crippen LogP contribution < -0.4 is 10.6 Å². The predicted octanol–water partition coefficient (Wildman–Crippen LogP) is 2.39. The lowest BCUT2D eigenvalue weighted by Gasteiger charge is -2.21. The highest BCUT2D eigenvalue weighted by molar-refractivity contribution is 5.80. The first kappa shape index (κ1) is 17.5. The number of aromatic nitrogens is 1. The fraction of sp³-hybridized carbons (Fsp3) is 0.474. The number of aliphatic imine (C=N–C) groups is 1. The molecular weight excluding hydrogens is 314 g/mol. The summed E-state index contributed by atoms with van der Waals surface area (Å²) < 4.78 is 4.86. The lowest BCUT2D eigenvalue weighted by molar-refractivity contribution is 0.258. The van der Waals surface area contributed by atoms with Crippen molar-refractivity contribution in [3.8, 4) is 0 Å². The van der Waals surface area contributed by atoms with Crippen LogP contribution in [-0.4, -0.2) is 41.2 Å². The zero-order valence-electron chi connectivity index (χ0n) is 15.0. The fourth-order valence-corrected chi connectivity index (χ4v) is 3.23. The van der Waals surface area contributed by atoms with E-state index in [2.05, 4.69) is 69.9 Å². The van der Waals surface area contributed by atoms with Crippen molar-refractivity contribution in [1.82, 2.24) is 20.7 Å². The van der Waals surface area contributed by atoms with Crippen molar-refractivity contribution in [3.05, 3.63) is 53.9 Å². The average molecular weight is 341 g/mol. The first-order chi connectivity index (χ1) is 12.2.